The fourth-order valence-corrected chi connectivity index (χ4v) is 3.32. The van der Waals surface area contributed by atoms with Crippen LogP contribution in [0.2, 0.25) is 0 Å². The lowest BCUT2D eigenvalue weighted by molar-refractivity contribution is -0.126. The number of nitrogens with one attached hydrogen (secondary N) is 1. The van der Waals surface area contributed by atoms with Crippen LogP contribution >= 0.6 is 15.9 Å². The first-order chi connectivity index (χ1) is 11.6. The number of imidazole rings is 1. The first-order valence-electron chi connectivity index (χ1n) is 7.93. The fraction of sp³-hybridized carbons (Fsp3) is 0.353. The number of carbonyl (C=O) groups is 2. The number of para-hydroxylation sites is 1. The van der Waals surface area contributed by atoms with Crippen molar-refractivity contribution in [1.82, 2.24) is 14.9 Å². The number of rotatable bonds is 6. The maximum atomic E-state index is 12.3. The van der Waals surface area contributed by atoms with Gasteiger partial charge in [-0.15, -0.1) is 0 Å². The molecule has 1 atom stereocenters. The molecule has 2 heterocycles. The summed E-state index contributed by atoms with van der Waals surface area (Å²) in [6, 6.07) is 7.56. The minimum absolute atomic E-state index is 0.0135. The van der Waals surface area contributed by atoms with Gasteiger partial charge in [0.25, 0.3) is 0 Å². The molecule has 24 heavy (non-hydrogen) atoms. The molecule has 1 fully saturated rings. The van der Waals surface area contributed by atoms with Crippen LogP contribution in [0.4, 0.5) is 5.69 Å². The van der Waals surface area contributed by atoms with E-state index in [4.69, 9.17) is 0 Å². The van der Waals surface area contributed by atoms with Gasteiger partial charge in [0.2, 0.25) is 11.8 Å². The van der Waals surface area contributed by atoms with Crippen molar-refractivity contribution in [2.75, 3.05) is 18.0 Å². The van der Waals surface area contributed by atoms with Crippen LogP contribution in [0.15, 0.2) is 47.5 Å². The van der Waals surface area contributed by atoms with E-state index in [9.17, 15) is 9.59 Å². The zero-order chi connectivity index (χ0) is 16.9. The van der Waals surface area contributed by atoms with Crippen LogP contribution in [0.1, 0.15) is 12.8 Å². The van der Waals surface area contributed by atoms with Crippen LogP contribution in [0, 0.1) is 5.92 Å². The predicted molar refractivity (Wildman–Crippen MR) is 94.5 cm³/mol. The minimum Gasteiger partial charge on any atom is -0.356 e. The monoisotopic (exact) mass is 390 g/mol. The number of hydrogen-bond donors (Lipinski definition) is 1. The number of anilines is 1. The summed E-state index contributed by atoms with van der Waals surface area (Å²) in [5.41, 5.74) is 0.818. The number of carbonyl (C=O) groups excluding carboxylic acids is 2. The lowest BCUT2D eigenvalue weighted by Crippen LogP contribution is -2.33. The van der Waals surface area contributed by atoms with Crippen molar-refractivity contribution in [2.45, 2.75) is 19.4 Å². The summed E-state index contributed by atoms with van der Waals surface area (Å²) < 4.78 is 2.83. The van der Waals surface area contributed by atoms with Crippen molar-refractivity contribution in [3.05, 3.63) is 47.5 Å². The first kappa shape index (κ1) is 16.7. The molecule has 2 amide bonds. The van der Waals surface area contributed by atoms with Crippen LogP contribution in [0.3, 0.4) is 0 Å². The fourth-order valence-electron chi connectivity index (χ4n) is 2.82. The lowest BCUT2D eigenvalue weighted by atomic mass is 10.1. The molecule has 0 saturated carbocycles. The highest BCUT2D eigenvalue weighted by molar-refractivity contribution is 9.10. The zero-order valence-corrected chi connectivity index (χ0v) is 14.8. The van der Waals surface area contributed by atoms with E-state index in [-0.39, 0.29) is 24.2 Å². The number of halogens is 1. The molecule has 3 rings (SSSR count). The first-order valence-corrected chi connectivity index (χ1v) is 8.73. The largest absolute Gasteiger partial charge is 0.356 e. The normalized spacial score (nSPS) is 17.3. The van der Waals surface area contributed by atoms with Gasteiger partial charge < -0.3 is 14.8 Å². The summed E-state index contributed by atoms with van der Waals surface area (Å²) in [5.74, 6) is -0.359. The molecule has 0 spiro atoms. The number of amides is 2. The molecule has 6 nitrogen and oxygen atoms in total. The maximum Gasteiger partial charge on any atom is 0.227 e. The van der Waals surface area contributed by atoms with Crippen molar-refractivity contribution >= 4 is 33.4 Å². The molecule has 1 aromatic carbocycles. The van der Waals surface area contributed by atoms with Gasteiger partial charge in [0.15, 0.2) is 0 Å². The van der Waals surface area contributed by atoms with E-state index in [1.165, 1.54) is 0 Å². The summed E-state index contributed by atoms with van der Waals surface area (Å²) in [5, 5.41) is 2.93. The van der Waals surface area contributed by atoms with E-state index in [0.29, 0.717) is 13.1 Å². The molecule has 1 unspecified atom stereocenters. The zero-order valence-electron chi connectivity index (χ0n) is 13.2. The third kappa shape index (κ3) is 3.84. The molecule has 2 aromatic rings. The molecule has 1 aromatic heterocycles. The van der Waals surface area contributed by atoms with Gasteiger partial charge in [-0.25, -0.2) is 4.98 Å². The smallest absolute Gasteiger partial charge is 0.227 e. The maximum absolute atomic E-state index is 12.3. The third-order valence-electron chi connectivity index (χ3n) is 4.09. The number of hydrogen-bond acceptors (Lipinski definition) is 3. The van der Waals surface area contributed by atoms with Gasteiger partial charge in [0.1, 0.15) is 0 Å². The molecule has 1 saturated heterocycles. The van der Waals surface area contributed by atoms with Crippen molar-refractivity contribution in [2.24, 2.45) is 5.92 Å². The van der Waals surface area contributed by atoms with E-state index >= 15 is 0 Å². The molecule has 126 valence electrons. The Bertz CT molecular complexity index is 717. The van der Waals surface area contributed by atoms with E-state index in [0.717, 1.165) is 23.1 Å². The van der Waals surface area contributed by atoms with Crippen molar-refractivity contribution in [3.8, 4) is 0 Å². The SMILES string of the molecule is O=C(NCCCn1ccnc1)C1CC(=O)N(c2ccccc2Br)C1. The summed E-state index contributed by atoms with van der Waals surface area (Å²) in [4.78, 5) is 30.2. The molecular weight excluding hydrogens is 372 g/mol. The minimum atomic E-state index is -0.294. The van der Waals surface area contributed by atoms with Gasteiger partial charge in [0.05, 0.1) is 17.9 Å². The van der Waals surface area contributed by atoms with Crippen LogP contribution in [-0.2, 0) is 16.1 Å². The second-order valence-electron chi connectivity index (χ2n) is 5.80. The molecular formula is C17H19BrN4O2. The number of benzene rings is 1. The highest BCUT2D eigenvalue weighted by Gasteiger charge is 2.35. The average molecular weight is 391 g/mol. The van der Waals surface area contributed by atoms with Gasteiger partial charge in [-0.3, -0.25) is 9.59 Å². The molecule has 1 aliphatic heterocycles. The van der Waals surface area contributed by atoms with Gasteiger partial charge in [-0.2, -0.15) is 0 Å². The number of nitrogens with zero attached hydrogens (tertiary/aromatic N) is 3. The summed E-state index contributed by atoms with van der Waals surface area (Å²) in [6.45, 7) is 1.83. The Labute approximate surface area is 149 Å². The van der Waals surface area contributed by atoms with E-state index in [2.05, 4.69) is 26.2 Å². The summed E-state index contributed by atoms with van der Waals surface area (Å²) in [7, 11) is 0. The van der Waals surface area contributed by atoms with Gasteiger partial charge in [-0.05, 0) is 34.5 Å². The molecule has 0 bridgehead atoms. The Balaban J connectivity index is 1.50. The summed E-state index contributed by atoms with van der Waals surface area (Å²) >= 11 is 3.46. The van der Waals surface area contributed by atoms with Gasteiger partial charge >= 0.3 is 0 Å². The third-order valence-corrected chi connectivity index (χ3v) is 4.76. The van der Waals surface area contributed by atoms with Crippen molar-refractivity contribution in [3.63, 3.8) is 0 Å². The Morgan fingerprint density at radius 2 is 2.21 bits per heavy atom. The van der Waals surface area contributed by atoms with Crippen molar-refractivity contribution < 1.29 is 9.59 Å². The highest BCUT2D eigenvalue weighted by atomic mass is 79.9. The van der Waals surface area contributed by atoms with E-state index < -0.39 is 0 Å². The van der Waals surface area contributed by atoms with Crippen LogP contribution < -0.4 is 10.2 Å². The quantitative estimate of drug-likeness (QED) is 0.768. The summed E-state index contributed by atoms with van der Waals surface area (Å²) in [6.07, 6.45) is 6.48. The average Bonchev–Trinajstić information content (AvgIpc) is 3.22. The number of aromatic nitrogens is 2. The Morgan fingerprint density at radius 3 is 2.96 bits per heavy atom. The van der Waals surface area contributed by atoms with Crippen LogP contribution in [-0.4, -0.2) is 34.5 Å². The topological polar surface area (TPSA) is 67.2 Å². The van der Waals surface area contributed by atoms with Crippen LogP contribution in [0.5, 0.6) is 0 Å². The molecule has 1 N–H and O–H groups in total. The standard InChI is InChI=1S/C17H19BrN4O2/c18-14-4-1-2-5-15(14)22-11-13(10-16(22)23)17(24)20-6-3-8-21-9-7-19-12-21/h1-2,4-5,7,9,12-13H,3,6,8,10-11H2,(H,20,24). The Morgan fingerprint density at radius 1 is 1.38 bits per heavy atom. The van der Waals surface area contributed by atoms with Crippen LogP contribution in [0.25, 0.3) is 0 Å². The molecule has 1 aliphatic rings. The molecule has 7 heteroatoms. The lowest BCUT2D eigenvalue weighted by Gasteiger charge is -2.18. The van der Waals surface area contributed by atoms with Gasteiger partial charge in [0, 0.05) is 42.9 Å². The number of aryl methyl sites for hydroxylation is 1. The second-order valence-corrected chi connectivity index (χ2v) is 6.66. The molecule has 0 aliphatic carbocycles. The predicted octanol–water partition coefficient (Wildman–Crippen LogP) is 2.20. The van der Waals surface area contributed by atoms with E-state index in [1.807, 2.05) is 35.0 Å². The van der Waals surface area contributed by atoms with E-state index in [1.54, 1.807) is 17.4 Å². The van der Waals surface area contributed by atoms with Gasteiger partial charge in [-0.1, -0.05) is 12.1 Å². The highest BCUT2D eigenvalue weighted by Crippen LogP contribution is 2.31. The Hall–Kier alpha value is -2.15. The molecule has 0 radical (unpaired) electrons. The van der Waals surface area contributed by atoms with Crippen molar-refractivity contribution in [1.29, 1.82) is 0 Å². The Kier molecular flexibility index (Phi) is 5.30. The second kappa shape index (κ2) is 7.61.